The van der Waals surface area contributed by atoms with Crippen LogP contribution in [0.5, 0.6) is 0 Å². The molecule has 0 bridgehead atoms. The Bertz CT molecular complexity index is 1330. The first-order valence-electron chi connectivity index (χ1n) is 15.3. The summed E-state index contributed by atoms with van der Waals surface area (Å²) in [6.07, 6.45) is 5.28. The fourth-order valence-electron chi connectivity index (χ4n) is 5.52. The van der Waals surface area contributed by atoms with Gasteiger partial charge in [0, 0.05) is 5.92 Å². The lowest BCUT2D eigenvalue weighted by atomic mass is 9.74. The normalized spacial score (nSPS) is 14.6. The van der Waals surface area contributed by atoms with Crippen LogP contribution in [0.4, 0.5) is 0 Å². The molecule has 0 amide bonds. The zero-order valence-corrected chi connectivity index (χ0v) is 26.1. The number of rotatable bonds is 10. The number of aryl methyl sites for hydroxylation is 1. The maximum Gasteiger partial charge on any atom is 0.335 e. The monoisotopic (exact) mass is 552 g/mol. The van der Waals surface area contributed by atoms with E-state index < -0.39 is 5.97 Å². The van der Waals surface area contributed by atoms with Gasteiger partial charge in [-0.15, -0.1) is 0 Å². The Balaban J connectivity index is 0.00000141. The topological polar surface area (TPSA) is 54.4 Å². The van der Waals surface area contributed by atoms with Crippen molar-refractivity contribution in [3.8, 4) is 11.1 Å². The largest absolute Gasteiger partial charge is 0.478 e. The van der Waals surface area contributed by atoms with Crippen molar-refractivity contribution in [1.82, 2.24) is 0 Å². The van der Waals surface area contributed by atoms with Crippen LogP contribution in [0.2, 0.25) is 0 Å². The number of hydrogen-bond acceptors (Lipinski definition) is 2. The Labute approximate surface area is 248 Å². The third kappa shape index (κ3) is 8.63. The van der Waals surface area contributed by atoms with E-state index in [-0.39, 0.29) is 11.7 Å². The number of carbonyl (C=O) groups excluding carboxylic acids is 1. The molecule has 0 aliphatic heterocycles. The Morgan fingerprint density at radius 1 is 0.756 bits per heavy atom. The number of carbonyl (C=O) groups is 2. The van der Waals surface area contributed by atoms with E-state index in [4.69, 9.17) is 5.11 Å². The molecular formula is C38H48O3. The van der Waals surface area contributed by atoms with E-state index in [0.29, 0.717) is 5.56 Å². The van der Waals surface area contributed by atoms with Crippen LogP contribution < -0.4 is 0 Å². The summed E-state index contributed by atoms with van der Waals surface area (Å²) in [5.74, 6) is -0.726. The van der Waals surface area contributed by atoms with E-state index in [1.54, 1.807) is 12.1 Å². The molecule has 0 saturated carbocycles. The summed E-state index contributed by atoms with van der Waals surface area (Å²) < 4.78 is 0. The highest BCUT2D eigenvalue weighted by Crippen LogP contribution is 2.38. The molecule has 0 heterocycles. The van der Waals surface area contributed by atoms with Crippen LogP contribution in [0.15, 0.2) is 101 Å². The van der Waals surface area contributed by atoms with E-state index in [1.807, 2.05) is 45.9 Å². The van der Waals surface area contributed by atoms with E-state index in [1.165, 1.54) is 33.4 Å². The van der Waals surface area contributed by atoms with Crippen LogP contribution in [0.3, 0.4) is 0 Å². The molecule has 3 nitrogen and oxygen atoms in total. The zero-order valence-electron chi connectivity index (χ0n) is 26.1. The van der Waals surface area contributed by atoms with Gasteiger partial charge >= 0.3 is 5.97 Å². The molecule has 0 saturated heterocycles. The van der Waals surface area contributed by atoms with Crippen LogP contribution in [0.1, 0.15) is 95.6 Å². The quantitative estimate of drug-likeness (QED) is 0.255. The number of Topliss-reactive ketones (excluding diaryl/α,β-unsaturated/α-hetero) is 1. The minimum absolute atomic E-state index is 0.115. The second-order valence-corrected chi connectivity index (χ2v) is 9.97. The first-order chi connectivity index (χ1) is 19.9. The van der Waals surface area contributed by atoms with Crippen molar-refractivity contribution in [2.24, 2.45) is 5.92 Å². The third-order valence-corrected chi connectivity index (χ3v) is 7.77. The number of carboxylic acids is 1. The van der Waals surface area contributed by atoms with Gasteiger partial charge in [-0.05, 0) is 103 Å². The zero-order chi connectivity index (χ0) is 30.4. The summed E-state index contributed by atoms with van der Waals surface area (Å²) in [7, 11) is 0. The number of benzene rings is 3. The van der Waals surface area contributed by atoms with E-state index >= 15 is 0 Å². The van der Waals surface area contributed by atoms with E-state index in [0.717, 1.165) is 49.7 Å². The molecule has 3 heteroatoms. The molecule has 1 N–H and O–H groups in total. The summed E-state index contributed by atoms with van der Waals surface area (Å²) in [6, 6.07) is 26.0. The van der Waals surface area contributed by atoms with Gasteiger partial charge in [-0.25, -0.2) is 4.79 Å². The van der Waals surface area contributed by atoms with Gasteiger partial charge in [0.1, 0.15) is 0 Å². The Morgan fingerprint density at radius 2 is 1.34 bits per heavy atom. The first kappa shape index (κ1) is 33.5. The Hall–Kier alpha value is -3.72. The Kier molecular flexibility index (Phi) is 14.0. The molecule has 0 spiro atoms. The molecule has 1 unspecified atom stereocenters. The predicted molar refractivity (Wildman–Crippen MR) is 173 cm³/mol. The molecule has 1 aliphatic carbocycles. The molecule has 41 heavy (non-hydrogen) atoms. The average Bonchev–Trinajstić information content (AvgIpc) is 3.02. The van der Waals surface area contributed by atoms with Crippen LogP contribution in [-0.2, 0) is 17.6 Å². The molecule has 3 aromatic carbocycles. The molecular weight excluding hydrogens is 504 g/mol. The minimum atomic E-state index is -0.896. The standard InChI is InChI=1S/C34H36O3.2C2H6/c1-4-29-30(16-10-8-12-25-18-20-27(21-19-25)34(36)37)23(2)24(3)32(33(29)35)22-28-15-9-11-17-31(28)26-13-6-5-7-14-26;2*1-2/h5-7,9,11,13-15,17-21,32H,4,8,10,12,16,22H2,1-3H3,(H,36,37);2*1-2H3. The highest BCUT2D eigenvalue weighted by Gasteiger charge is 2.32. The highest BCUT2D eigenvalue weighted by molar-refractivity contribution is 6.02. The summed E-state index contributed by atoms with van der Waals surface area (Å²) in [5, 5.41) is 9.08. The molecule has 4 rings (SSSR count). The van der Waals surface area contributed by atoms with Crippen molar-refractivity contribution in [3.63, 3.8) is 0 Å². The van der Waals surface area contributed by atoms with Gasteiger partial charge in [-0.3, -0.25) is 4.79 Å². The van der Waals surface area contributed by atoms with Crippen LogP contribution in [0.25, 0.3) is 11.1 Å². The molecule has 0 radical (unpaired) electrons. The van der Waals surface area contributed by atoms with E-state index in [9.17, 15) is 9.59 Å². The maximum absolute atomic E-state index is 13.8. The summed E-state index contributed by atoms with van der Waals surface area (Å²) in [5.41, 5.74) is 9.78. The predicted octanol–water partition coefficient (Wildman–Crippen LogP) is 10.3. The van der Waals surface area contributed by atoms with Gasteiger partial charge in [0.25, 0.3) is 0 Å². The van der Waals surface area contributed by atoms with Crippen LogP contribution >= 0.6 is 0 Å². The summed E-state index contributed by atoms with van der Waals surface area (Å²) >= 11 is 0. The molecule has 0 fully saturated rings. The van der Waals surface area contributed by atoms with Crippen molar-refractivity contribution in [3.05, 3.63) is 118 Å². The SMILES string of the molecule is CC.CC.CCC1=C(CCCCc2ccc(C(=O)O)cc2)C(C)=C(C)C(Cc2ccccc2-c2ccccc2)C1=O. The highest BCUT2D eigenvalue weighted by atomic mass is 16.4. The average molecular weight is 553 g/mol. The lowest BCUT2D eigenvalue weighted by Gasteiger charge is -2.29. The fourth-order valence-corrected chi connectivity index (χ4v) is 5.52. The molecule has 0 aromatic heterocycles. The van der Waals surface area contributed by atoms with Crippen molar-refractivity contribution >= 4 is 11.8 Å². The van der Waals surface area contributed by atoms with E-state index in [2.05, 4.69) is 69.3 Å². The van der Waals surface area contributed by atoms with Gasteiger partial charge in [-0.2, -0.15) is 0 Å². The second-order valence-electron chi connectivity index (χ2n) is 9.97. The summed E-state index contributed by atoms with van der Waals surface area (Å²) in [6.45, 7) is 14.4. The number of aromatic carboxylic acids is 1. The number of allylic oxidation sites excluding steroid dienone is 4. The molecule has 1 atom stereocenters. The lowest BCUT2D eigenvalue weighted by molar-refractivity contribution is -0.118. The minimum Gasteiger partial charge on any atom is -0.478 e. The molecule has 3 aromatic rings. The molecule has 1 aliphatic rings. The van der Waals surface area contributed by atoms with Crippen molar-refractivity contribution in [2.75, 3.05) is 0 Å². The van der Waals surface area contributed by atoms with Gasteiger partial charge in [0.15, 0.2) is 5.78 Å². The lowest BCUT2D eigenvalue weighted by Crippen LogP contribution is -2.26. The number of ketones is 1. The Morgan fingerprint density at radius 3 is 1.95 bits per heavy atom. The van der Waals surface area contributed by atoms with Gasteiger partial charge < -0.3 is 5.11 Å². The molecule has 218 valence electrons. The van der Waals surface area contributed by atoms with Crippen LogP contribution in [-0.4, -0.2) is 16.9 Å². The number of carboxylic acid groups (broad SMARTS) is 1. The third-order valence-electron chi connectivity index (χ3n) is 7.77. The smallest absolute Gasteiger partial charge is 0.335 e. The van der Waals surface area contributed by atoms with Gasteiger partial charge in [0.05, 0.1) is 5.56 Å². The van der Waals surface area contributed by atoms with Gasteiger partial charge in [0.2, 0.25) is 0 Å². The number of unbranched alkanes of at least 4 members (excludes halogenated alkanes) is 1. The summed E-state index contributed by atoms with van der Waals surface area (Å²) in [4.78, 5) is 24.8. The van der Waals surface area contributed by atoms with Crippen molar-refractivity contribution < 1.29 is 14.7 Å². The van der Waals surface area contributed by atoms with Crippen molar-refractivity contribution in [2.45, 2.75) is 87.0 Å². The van der Waals surface area contributed by atoms with Gasteiger partial charge in [-0.1, -0.05) is 107 Å². The maximum atomic E-state index is 13.8. The fraction of sp³-hybridized carbons (Fsp3) is 0.368. The number of hydrogen-bond donors (Lipinski definition) is 1. The second kappa shape index (κ2) is 17.2. The van der Waals surface area contributed by atoms with Crippen LogP contribution in [0, 0.1) is 5.92 Å². The van der Waals surface area contributed by atoms with Crippen molar-refractivity contribution in [1.29, 1.82) is 0 Å². The first-order valence-corrected chi connectivity index (χ1v) is 15.3.